The molecule has 2 aromatic rings. The zero-order valence-corrected chi connectivity index (χ0v) is 19.5. The summed E-state index contributed by atoms with van der Waals surface area (Å²) in [5, 5.41) is 12.5. The Bertz CT molecular complexity index is 1060. The molecule has 0 bridgehead atoms. The number of nitrogens with zero attached hydrogens (tertiary/aromatic N) is 2. The fourth-order valence-corrected chi connectivity index (χ4v) is 4.68. The number of carbonyl (C=O) groups excluding carboxylic acids is 1. The van der Waals surface area contributed by atoms with Crippen LogP contribution < -0.4 is 10.2 Å². The van der Waals surface area contributed by atoms with Crippen LogP contribution in [0.15, 0.2) is 42.0 Å². The van der Waals surface area contributed by atoms with E-state index in [9.17, 15) is 10.1 Å². The predicted octanol–water partition coefficient (Wildman–Crippen LogP) is 6.35. The molecule has 0 saturated carbocycles. The van der Waals surface area contributed by atoms with Crippen molar-refractivity contribution < 1.29 is 4.79 Å². The number of aryl methyl sites for hydroxylation is 2. The van der Waals surface area contributed by atoms with Gasteiger partial charge < -0.3 is 10.2 Å². The van der Waals surface area contributed by atoms with Gasteiger partial charge in [-0.15, -0.1) is 0 Å². The van der Waals surface area contributed by atoms with Gasteiger partial charge in [0.2, 0.25) is 0 Å². The van der Waals surface area contributed by atoms with Crippen LogP contribution in [0.3, 0.4) is 0 Å². The molecule has 1 atom stereocenters. The third-order valence-electron chi connectivity index (χ3n) is 6.16. The lowest BCUT2D eigenvalue weighted by Crippen LogP contribution is -2.48. The molecule has 0 fully saturated rings. The molecule has 1 amide bonds. The molecule has 0 spiro atoms. The molecule has 0 aromatic heterocycles. The van der Waals surface area contributed by atoms with Gasteiger partial charge in [0.25, 0.3) is 5.91 Å². The number of carbonyl (C=O) groups is 1. The Hall–Kier alpha value is -3.06. The Labute approximate surface area is 186 Å². The lowest BCUT2D eigenvalue weighted by molar-refractivity contribution is -0.112. The summed E-state index contributed by atoms with van der Waals surface area (Å²) in [6.07, 6.45) is 3.89. The Balaban J connectivity index is 1.97. The highest BCUT2D eigenvalue weighted by Crippen LogP contribution is 2.44. The van der Waals surface area contributed by atoms with Crippen LogP contribution in [-0.2, 0) is 4.79 Å². The Morgan fingerprint density at radius 3 is 2.68 bits per heavy atom. The van der Waals surface area contributed by atoms with Crippen molar-refractivity contribution in [1.29, 1.82) is 5.26 Å². The first-order valence-electron chi connectivity index (χ1n) is 11.1. The number of nitrogens with one attached hydrogen (secondary N) is 1. The third kappa shape index (κ3) is 4.82. The average Bonchev–Trinajstić information content (AvgIpc) is 2.69. The summed E-state index contributed by atoms with van der Waals surface area (Å²) in [5.41, 5.74) is 6.54. The van der Waals surface area contributed by atoms with E-state index in [-0.39, 0.29) is 17.0 Å². The summed E-state index contributed by atoms with van der Waals surface area (Å²) in [6, 6.07) is 14.1. The van der Waals surface area contributed by atoms with E-state index in [1.807, 2.05) is 31.2 Å². The molecule has 0 aliphatic carbocycles. The summed E-state index contributed by atoms with van der Waals surface area (Å²) >= 11 is 0. The summed E-state index contributed by atoms with van der Waals surface area (Å²) in [6.45, 7) is 14.1. The van der Waals surface area contributed by atoms with Crippen molar-refractivity contribution in [2.75, 3.05) is 16.8 Å². The second-order valence-electron chi connectivity index (χ2n) is 9.33. The third-order valence-corrected chi connectivity index (χ3v) is 6.16. The zero-order chi connectivity index (χ0) is 22.8. The van der Waals surface area contributed by atoms with Crippen LogP contribution in [0.25, 0.3) is 6.08 Å². The minimum atomic E-state index is -0.382. The lowest BCUT2D eigenvalue weighted by Gasteiger charge is -2.48. The van der Waals surface area contributed by atoms with Gasteiger partial charge in [0.15, 0.2) is 0 Å². The van der Waals surface area contributed by atoms with E-state index < -0.39 is 0 Å². The zero-order valence-electron chi connectivity index (χ0n) is 19.5. The molecule has 1 aliphatic rings. The maximum atomic E-state index is 12.7. The van der Waals surface area contributed by atoms with Crippen LogP contribution in [0.4, 0.5) is 11.4 Å². The van der Waals surface area contributed by atoms with Crippen LogP contribution in [-0.4, -0.2) is 18.0 Å². The summed E-state index contributed by atoms with van der Waals surface area (Å²) in [4.78, 5) is 15.2. The largest absolute Gasteiger partial charge is 0.366 e. The topological polar surface area (TPSA) is 56.1 Å². The molecule has 3 rings (SSSR count). The highest BCUT2D eigenvalue weighted by molar-refractivity contribution is 6.09. The van der Waals surface area contributed by atoms with Gasteiger partial charge >= 0.3 is 0 Å². The van der Waals surface area contributed by atoms with Crippen molar-refractivity contribution in [3.05, 3.63) is 64.2 Å². The molecule has 2 aromatic carbocycles. The number of anilines is 2. The van der Waals surface area contributed by atoms with Gasteiger partial charge in [0.1, 0.15) is 11.6 Å². The van der Waals surface area contributed by atoms with Gasteiger partial charge in [-0.05, 0) is 99.0 Å². The van der Waals surface area contributed by atoms with Gasteiger partial charge in [0, 0.05) is 23.5 Å². The monoisotopic (exact) mass is 415 g/mol. The quantitative estimate of drug-likeness (QED) is 0.457. The fourth-order valence-electron chi connectivity index (χ4n) is 4.68. The predicted molar refractivity (Wildman–Crippen MR) is 129 cm³/mol. The van der Waals surface area contributed by atoms with E-state index in [0.717, 1.165) is 36.1 Å². The molecule has 162 valence electrons. The lowest BCUT2D eigenvalue weighted by atomic mass is 9.78. The number of amides is 1. The second kappa shape index (κ2) is 8.98. The van der Waals surface area contributed by atoms with Crippen molar-refractivity contribution in [2.45, 2.75) is 65.8 Å². The van der Waals surface area contributed by atoms with Crippen molar-refractivity contribution >= 4 is 23.4 Å². The first kappa shape index (κ1) is 22.6. The average molecular weight is 416 g/mol. The van der Waals surface area contributed by atoms with Gasteiger partial charge in [-0.1, -0.05) is 26.0 Å². The summed E-state index contributed by atoms with van der Waals surface area (Å²) in [5.74, 6) is 0.0320. The van der Waals surface area contributed by atoms with Crippen LogP contribution in [0.1, 0.15) is 68.7 Å². The molecule has 4 nitrogen and oxygen atoms in total. The van der Waals surface area contributed by atoms with Crippen molar-refractivity contribution in [3.8, 4) is 6.07 Å². The number of hydrogen-bond donors (Lipinski definition) is 1. The standard InChI is InChI=1S/C27H33N3O/c1-7-11-30-25-13-19(3)21(15-24(25)20(4)16-27(30,5)6)14-22(17-28)26(31)29-23-10-8-9-18(2)12-23/h8-10,12-15,20H,7,11,16H2,1-6H3,(H,29,31)/b22-14+. The number of hydrogen-bond acceptors (Lipinski definition) is 3. The Morgan fingerprint density at radius 1 is 1.29 bits per heavy atom. The van der Waals surface area contributed by atoms with E-state index in [1.54, 1.807) is 6.08 Å². The van der Waals surface area contributed by atoms with Crippen LogP contribution in [0.2, 0.25) is 0 Å². The minimum absolute atomic E-state index is 0.109. The molecule has 1 unspecified atom stereocenters. The van der Waals surface area contributed by atoms with Gasteiger partial charge in [-0.25, -0.2) is 0 Å². The molecular weight excluding hydrogens is 382 g/mol. The number of fused-ring (bicyclic) bond motifs is 1. The van der Waals surface area contributed by atoms with Gasteiger partial charge in [-0.3, -0.25) is 4.79 Å². The molecule has 0 radical (unpaired) electrons. The first-order valence-corrected chi connectivity index (χ1v) is 11.1. The van der Waals surface area contributed by atoms with E-state index in [1.165, 1.54) is 11.3 Å². The molecular formula is C27H33N3O. The van der Waals surface area contributed by atoms with Crippen molar-refractivity contribution in [2.24, 2.45) is 0 Å². The minimum Gasteiger partial charge on any atom is -0.366 e. The smallest absolute Gasteiger partial charge is 0.266 e. The number of rotatable bonds is 5. The normalized spacial score (nSPS) is 17.6. The molecule has 1 aliphatic heterocycles. The van der Waals surface area contributed by atoms with Crippen LogP contribution in [0, 0.1) is 25.2 Å². The van der Waals surface area contributed by atoms with E-state index in [0.29, 0.717) is 11.6 Å². The SMILES string of the molecule is CCCN1c2cc(C)c(/C=C(\C#N)C(=O)Nc3cccc(C)c3)cc2C(C)CC1(C)C. The van der Waals surface area contributed by atoms with E-state index >= 15 is 0 Å². The first-order chi connectivity index (χ1) is 14.7. The molecule has 4 heteroatoms. The molecule has 1 heterocycles. The van der Waals surface area contributed by atoms with Gasteiger partial charge in [0.05, 0.1) is 0 Å². The number of benzene rings is 2. The highest BCUT2D eigenvalue weighted by Gasteiger charge is 2.36. The fraction of sp³-hybridized carbons (Fsp3) is 0.407. The number of nitriles is 1. The van der Waals surface area contributed by atoms with E-state index in [2.05, 4.69) is 63.0 Å². The second-order valence-corrected chi connectivity index (χ2v) is 9.33. The van der Waals surface area contributed by atoms with E-state index in [4.69, 9.17) is 0 Å². The van der Waals surface area contributed by atoms with Crippen LogP contribution >= 0.6 is 0 Å². The maximum Gasteiger partial charge on any atom is 0.266 e. The van der Waals surface area contributed by atoms with Crippen LogP contribution in [0.5, 0.6) is 0 Å². The summed E-state index contributed by atoms with van der Waals surface area (Å²) < 4.78 is 0. The summed E-state index contributed by atoms with van der Waals surface area (Å²) in [7, 11) is 0. The Kier molecular flexibility index (Phi) is 6.55. The van der Waals surface area contributed by atoms with Crippen molar-refractivity contribution in [3.63, 3.8) is 0 Å². The molecule has 31 heavy (non-hydrogen) atoms. The Morgan fingerprint density at radius 2 is 2.03 bits per heavy atom. The molecule has 1 N–H and O–H groups in total. The van der Waals surface area contributed by atoms with Crippen molar-refractivity contribution in [1.82, 2.24) is 0 Å². The maximum absolute atomic E-state index is 12.7. The molecule has 0 saturated heterocycles. The highest BCUT2D eigenvalue weighted by atomic mass is 16.1. The van der Waals surface area contributed by atoms with Gasteiger partial charge in [-0.2, -0.15) is 5.26 Å².